The van der Waals surface area contributed by atoms with Crippen LogP contribution in [0.15, 0.2) is 28.8 Å². The van der Waals surface area contributed by atoms with Crippen molar-refractivity contribution in [2.75, 3.05) is 0 Å². The predicted octanol–water partition coefficient (Wildman–Crippen LogP) is 3.01. The van der Waals surface area contributed by atoms with Gasteiger partial charge in [0.2, 0.25) is 0 Å². The number of hydrogen-bond donors (Lipinski definition) is 0. The molecule has 1 aromatic heterocycles. The van der Waals surface area contributed by atoms with Gasteiger partial charge in [0.1, 0.15) is 5.76 Å². The summed E-state index contributed by atoms with van der Waals surface area (Å²) in [6, 6.07) is 11.5. The number of rotatable bonds is 3. The lowest BCUT2D eigenvalue weighted by Gasteiger charge is -2.09. The van der Waals surface area contributed by atoms with E-state index in [0.717, 1.165) is 22.6 Å². The SMILES string of the molecule is Cc1noc(C)c1CC(C#N)c1cccc(C#N)c1. The Bertz CT molecular complexity index is 654. The number of benzene rings is 1. The summed E-state index contributed by atoms with van der Waals surface area (Å²) >= 11 is 0. The van der Waals surface area contributed by atoms with E-state index in [0.29, 0.717) is 12.0 Å². The normalized spacial score (nSPS) is 11.6. The second-order valence-corrected chi connectivity index (χ2v) is 4.43. The van der Waals surface area contributed by atoms with Crippen LogP contribution in [0, 0.1) is 36.5 Å². The molecule has 1 aromatic carbocycles. The minimum absolute atomic E-state index is 0.301. The Morgan fingerprint density at radius 2 is 2.11 bits per heavy atom. The molecule has 0 N–H and O–H groups in total. The van der Waals surface area contributed by atoms with Gasteiger partial charge in [-0.25, -0.2) is 0 Å². The first kappa shape index (κ1) is 12.9. The fourth-order valence-corrected chi connectivity index (χ4v) is 2.06. The molecule has 1 unspecified atom stereocenters. The van der Waals surface area contributed by atoms with Crippen molar-refractivity contribution in [2.45, 2.75) is 26.2 Å². The topological polar surface area (TPSA) is 73.6 Å². The Labute approximate surface area is 111 Å². The highest BCUT2D eigenvalue weighted by Crippen LogP contribution is 2.24. The van der Waals surface area contributed by atoms with Crippen LogP contribution in [0.2, 0.25) is 0 Å². The molecule has 2 rings (SSSR count). The van der Waals surface area contributed by atoms with Gasteiger partial charge in [-0.1, -0.05) is 17.3 Å². The van der Waals surface area contributed by atoms with Crippen molar-refractivity contribution in [3.05, 3.63) is 52.4 Å². The molecule has 0 bridgehead atoms. The summed E-state index contributed by atoms with van der Waals surface area (Å²) in [5, 5.41) is 22.1. The number of hydrogen-bond acceptors (Lipinski definition) is 4. The molecule has 4 nitrogen and oxygen atoms in total. The highest BCUT2D eigenvalue weighted by molar-refractivity contribution is 5.38. The van der Waals surface area contributed by atoms with E-state index in [1.54, 1.807) is 18.2 Å². The summed E-state index contributed by atoms with van der Waals surface area (Å²) in [7, 11) is 0. The first-order valence-corrected chi connectivity index (χ1v) is 5.97. The largest absolute Gasteiger partial charge is 0.361 e. The van der Waals surface area contributed by atoms with Gasteiger partial charge in [0, 0.05) is 5.56 Å². The van der Waals surface area contributed by atoms with Crippen LogP contribution in [0.25, 0.3) is 0 Å². The van der Waals surface area contributed by atoms with Gasteiger partial charge in [0.05, 0.1) is 29.3 Å². The van der Waals surface area contributed by atoms with Crippen LogP contribution in [0.3, 0.4) is 0 Å². The standard InChI is InChI=1S/C15H13N3O/c1-10-15(11(2)19-18-10)7-14(9-17)13-5-3-4-12(6-13)8-16/h3-6,14H,7H2,1-2H3. The molecule has 4 heteroatoms. The third kappa shape index (κ3) is 2.64. The second kappa shape index (κ2) is 5.37. The van der Waals surface area contributed by atoms with Crippen molar-refractivity contribution >= 4 is 0 Å². The van der Waals surface area contributed by atoms with Gasteiger partial charge in [-0.05, 0) is 38.0 Å². The quantitative estimate of drug-likeness (QED) is 0.840. The fourth-order valence-electron chi connectivity index (χ4n) is 2.06. The molecule has 0 saturated heterocycles. The maximum Gasteiger partial charge on any atom is 0.137 e. The third-order valence-corrected chi connectivity index (χ3v) is 3.16. The van der Waals surface area contributed by atoms with Crippen molar-refractivity contribution in [1.82, 2.24) is 5.16 Å². The first-order chi connectivity index (χ1) is 9.15. The van der Waals surface area contributed by atoms with E-state index in [1.807, 2.05) is 19.9 Å². The average Bonchev–Trinajstić information content (AvgIpc) is 2.75. The Morgan fingerprint density at radius 3 is 2.68 bits per heavy atom. The Morgan fingerprint density at radius 1 is 1.32 bits per heavy atom. The Hall–Kier alpha value is -2.59. The summed E-state index contributed by atoms with van der Waals surface area (Å²) < 4.78 is 5.11. The van der Waals surface area contributed by atoms with Crippen molar-refractivity contribution in [3.8, 4) is 12.1 Å². The summed E-state index contributed by atoms with van der Waals surface area (Å²) in [5.41, 5.74) is 3.20. The van der Waals surface area contributed by atoms with Crippen LogP contribution in [0.5, 0.6) is 0 Å². The Balaban J connectivity index is 2.31. The van der Waals surface area contributed by atoms with E-state index in [4.69, 9.17) is 9.78 Å². The maximum absolute atomic E-state index is 9.34. The predicted molar refractivity (Wildman–Crippen MR) is 69.2 cm³/mol. The lowest BCUT2D eigenvalue weighted by atomic mass is 9.91. The third-order valence-electron chi connectivity index (χ3n) is 3.16. The summed E-state index contributed by atoms with van der Waals surface area (Å²) in [6.07, 6.45) is 0.548. The van der Waals surface area contributed by atoms with Crippen LogP contribution < -0.4 is 0 Å². The zero-order valence-corrected chi connectivity index (χ0v) is 10.8. The van der Waals surface area contributed by atoms with E-state index < -0.39 is 0 Å². The molecule has 19 heavy (non-hydrogen) atoms. The lowest BCUT2D eigenvalue weighted by molar-refractivity contribution is 0.392. The van der Waals surface area contributed by atoms with E-state index in [9.17, 15) is 5.26 Å². The highest BCUT2D eigenvalue weighted by Gasteiger charge is 2.17. The minimum Gasteiger partial charge on any atom is -0.361 e. The molecule has 0 radical (unpaired) electrons. The van der Waals surface area contributed by atoms with Crippen molar-refractivity contribution in [2.24, 2.45) is 0 Å². The van der Waals surface area contributed by atoms with E-state index in [1.165, 1.54) is 0 Å². The van der Waals surface area contributed by atoms with E-state index in [-0.39, 0.29) is 5.92 Å². The van der Waals surface area contributed by atoms with Crippen LogP contribution in [0.4, 0.5) is 0 Å². The van der Waals surface area contributed by atoms with Gasteiger partial charge < -0.3 is 4.52 Å². The molecular formula is C15H13N3O. The van der Waals surface area contributed by atoms with Gasteiger partial charge >= 0.3 is 0 Å². The molecule has 0 saturated carbocycles. The van der Waals surface area contributed by atoms with Crippen molar-refractivity contribution in [1.29, 1.82) is 10.5 Å². The molecule has 0 aliphatic heterocycles. The average molecular weight is 251 g/mol. The van der Waals surface area contributed by atoms with Crippen molar-refractivity contribution in [3.63, 3.8) is 0 Å². The molecular weight excluding hydrogens is 238 g/mol. The minimum atomic E-state index is -0.301. The van der Waals surface area contributed by atoms with Crippen molar-refractivity contribution < 1.29 is 4.52 Å². The zero-order chi connectivity index (χ0) is 13.8. The monoisotopic (exact) mass is 251 g/mol. The van der Waals surface area contributed by atoms with Crippen LogP contribution in [-0.4, -0.2) is 5.16 Å². The number of aryl methyl sites for hydroxylation is 2. The molecule has 1 atom stereocenters. The van der Waals surface area contributed by atoms with Gasteiger partial charge in [-0.2, -0.15) is 10.5 Å². The molecule has 94 valence electrons. The van der Waals surface area contributed by atoms with Crippen LogP contribution >= 0.6 is 0 Å². The van der Waals surface area contributed by atoms with Crippen LogP contribution in [0.1, 0.15) is 34.1 Å². The molecule has 0 spiro atoms. The smallest absolute Gasteiger partial charge is 0.137 e. The van der Waals surface area contributed by atoms with Gasteiger partial charge in [-0.3, -0.25) is 0 Å². The number of aromatic nitrogens is 1. The summed E-state index contributed by atoms with van der Waals surface area (Å²) in [4.78, 5) is 0. The lowest BCUT2D eigenvalue weighted by Crippen LogP contribution is -2.02. The highest BCUT2D eigenvalue weighted by atomic mass is 16.5. The Kier molecular flexibility index (Phi) is 3.63. The first-order valence-electron chi connectivity index (χ1n) is 5.97. The number of nitrogens with zero attached hydrogens (tertiary/aromatic N) is 3. The molecule has 0 fully saturated rings. The molecule has 1 heterocycles. The van der Waals surface area contributed by atoms with Gasteiger partial charge in [0.25, 0.3) is 0 Å². The second-order valence-electron chi connectivity index (χ2n) is 4.43. The van der Waals surface area contributed by atoms with E-state index in [2.05, 4.69) is 17.3 Å². The maximum atomic E-state index is 9.34. The molecule has 0 aliphatic rings. The summed E-state index contributed by atoms with van der Waals surface area (Å²) in [5.74, 6) is 0.444. The molecule has 0 aliphatic carbocycles. The number of nitriles is 2. The van der Waals surface area contributed by atoms with E-state index >= 15 is 0 Å². The van der Waals surface area contributed by atoms with Gasteiger partial charge in [0.15, 0.2) is 0 Å². The zero-order valence-electron chi connectivity index (χ0n) is 10.8. The summed E-state index contributed by atoms with van der Waals surface area (Å²) in [6.45, 7) is 3.71. The van der Waals surface area contributed by atoms with Gasteiger partial charge in [-0.15, -0.1) is 0 Å². The molecule has 0 amide bonds. The molecule has 2 aromatic rings. The fraction of sp³-hybridized carbons (Fsp3) is 0.267. The van der Waals surface area contributed by atoms with Crippen LogP contribution in [-0.2, 0) is 6.42 Å².